The fraction of sp³-hybridized carbons (Fsp3) is 0. The zero-order valence-electron chi connectivity index (χ0n) is 12.7. The van der Waals surface area contributed by atoms with Crippen LogP contribution in [0.5, 0.6) is 11.5 Å². The minimum absolute atomic E-state index is 0.352. The molecule has 3 rings (SSSR count). The molecule has 1 heterocycles. The van der Waals surface area contributed by atoms with E-state index in [0.29, 0.717) is 5.03 Å². The van der Waals surface area contributed by atoms with E-state index in [-0.39, 0.29) is 0 Å². The van der Waals surface area contributed by atoms with E-state index >= 15 is 0 Å². The first-order valence-electron chi connectivity index (χ1n) is 7.20. The number of ether oxygens (including phenoxy) is 1. The number of carbonyl (C=O) groups is 1. The van der Waals surface area contributed by atoms with E-state index in [9.17, 15) is 4.79 Å². The standard InChI is InChI=1S/C18H15N3O2S/c19-17(22)10-18(24)21-12-14(11-20-21)13-5-4-8-16(9-13)23-15-6-2-1-3-7-15/h1-12,24H,(H2,19,22)/b18-10-. The highest BCUT2D eigenvalue weighted by atomic mass is 32.1. The fourth-order valence-corrected chi connectivity index (χ4v) is 2.39. The summed E-state index contributed by atoms with van der Waals surface area (Å²) in [5, 5.41) is 4.53. The molecular formula is C18H15N3O2S. The van der Waals surface area contributed by atoms with E-state index in [4.69, 9.17) is 10.5 Å². The zero-order valence-corrected chi connectivity index (χ0v) is 13.6. The molecule has 0 fully saturated rings. The van der Waals surface area contributed by atoms with Crippen molar-refractivity contribution in [3.63, 3.8) is 0 Å². The number of nitrogens with two attached hydrogens (primary N) is 1. The van der Waals surface area contributed by atoms with Crippen LogP contribution in [-0.4, -0.2) is 15.7 Å². The van der Waals surface area contributed by atoms with Crippen molar-refractivity contribution >= 4 is 23.6 Å². The average molecular weight is 337 g/mol. The Bertz CT molecular complexity index is 888. The Labute approximate surface area is 144 Å². The third-order valence-electron chi connectivity index (χ3n) is 3.23. The lowest BCUT2D eigenvalue weighted by atomic mass is 10.1. The van der Waals surface area contributed by atoms with Crippen LogP contribution in [0.2, 0.25) is 0 Å². The SMILES string of the molecule is NC(=O)/C=C(\S)n1cc(-c2cccc(Oc3ccccc3)c2)cn1. The van der Waals surface area contributed by atoms with Crippen molar-refractivity contribution in [1.82, 2.24) is 9.78 Å². The van der Waals surface area contributed by atoms with Crippen molar-refractivity contribution in [1.29, 1.82) is 0 Å². The summed E-state index contributed by atoms with van der Waals surface area (Å²) in [7, 11) is 0. The first-order chi connectivity index (χ1) is 11.6. The number of hydrogen-bond donors (Lipinski definition) is 2. The van der Waals surface area contributed by atoms with Gasteiger partial charge in [-0.05, 0) is 29.8 Å². The van der Waals surface area contributed by atoms with Gasteiger partial charge in [0.1, 0.15) is 11.5 Å². The molecule has 2 N–H and O–H groups in total. The molecule has 0 aliphatic carbocycles. The minimum Gasteiger partial charge on any atom is -0.457 e. The molecule has 0 aliphatic heterocycles. The van der Waals surface area contributed by atoms with E-state index in [1.165, 1.54) is 10.8 Å². The molecule has 0 unspecified atom stereocenters. The maximum Gasteiger partial charge on any atom is 0.244 e. The summed E-state index contributed by atoms with van der Waals surface area (Å²) in [5.41, 5.74) is 6.93. The molecule has 0 aliphatic rings. The molecule has 2 aromatic carbocycles. The lowest BCUT2D eigenvalue weighted by Crippen LogP contribution is -2.07. The van der Waals surface area contributed by atoms with Crippen LogP contribution in [0.3, 0.4) is 0 Å². The van der Waals surface area contributed by atoms with Gasteiger partial charge in [-0.2, -0.15) is 5.10 Å². The Morgan fingerprint density at radius 1 is 1.08 bits per heavy atom. The number of amides is 1. The number of hydrogen-bond acceptors (Lipinski definition) is 4. The normalized spacial score (nSPS) is 11.3. The Kier molecular flexibility index (Phi) is 4.67. The number of carbonyl (C=O) groups excluding carboxylic acids is 1. The van der Waals surface area contributed by atoms with Crippen molar-refractivity contribution in [3.05, 3.63) is 73.1 Å². The molecule has 0 saturated carbocycles. The van der Waals surface area contributed by atoms with Crippen LogP contribution in [0, 0.1) is 0 Å². The van der Waals surface area contributed by atoms with Gasteiger partial charge in [0.05, 0.1) is 11.2 Å². The molecule has 5 nitrogen and oxygen atoms in total. The Balaban J connectivity index is 1.84. The van der Waals surface area contributed by atoms with Crippen LogP contribution in [0.15, 0.2) is 73.1 Å². The van der Waals surface area contributed by atoms with Crippen molar-refractivity contribution in [2.75, 3.05) is 0 Å². The molecule has 24 heavy (non-hydrogen) atoms. The molecule has 0 spiro atoms. The van der Waals surface area contributed by atoms with E-state index in [1.807, 2.05) is 54.6 Å². The quantitative estimate of drug-likeness (QED) is 0.552. The lowest BCUT2D eigenvalue weighted by Gasteiger charge is -2.06. The highest BCUT2D eigenvalue weighted by Gasteiger charge is 2.06. The third-order valence-corrected chi connectivity index (χ3v) is 3.57. The van der Waals surface area contributed by atoms with Crippen LogP contribution < -0.4 is 10.5 Å². The van der Waals surface area contributed by atoms with Crippen molar-refractivity contribution in [2.45, 2.75) is 0 Å². The molecule has 0 bridgehead atoms. The predicted octanol–water partition coefficient (Wildman–Crippen LogP) is 3.56. The summed E-state index contributed by atoms with van der Waals surface area (Å²) in [6.45, 7) is 0. The van der Waals surface area contributed by atoms with E-state index in [0.717, 1.165) is 22.6 Å². The molecule has 0 radical (unpaired) electrons. The van der Waals surface area contributed by atoms with Crippen LogP contribution >= 0.6 is 12.6 Å². The van der Waals surface area contributed by atoms with Crippen LogP contribution in [0.25, 0.3) is 16.2 Å². The highest BCUT2D eigenvalue weighted by molar-refractivity contribution is 7.90. The highest BCUT2D eigenvalue weighted by Crippen LogP contribution is 2.27. The average Bonchev–Trinajstić information content (AvgIpc) is 3.06. The summed E-state index contributed by atoms with van der Waals surface area (Å²) < 4.78 is 7.31. The predicted molar refractivity (Wildman–Crippen MR) is 96.6 cm³/mol. The topological polar surface area (TPSA) is 70.1 Å². The number of primary amides is 1. The minimum atomic E-state index is -0.574. The number of para-hydroxylation sites is 1. The van der Waals surface area contributed by atoms with Gasteiger partial charge in [-0.25, -0.2) is 4.68 Å². The van der Waals surface area contributed by atoms with Crippen LogP contribution in [-0.2, 0) is 4.79 Å². The first kappa shape index (κ1) is 15.9. The number of benzene rings is 2. The Hall–Kier alpha value is -2.99. The number of aromatic nitrogens is 2. The second kappa shape index (κ2) is 7.06. The molecule has 6 heteroatoms. The monoisotopic (exact) mass is 337 g/mol. The van der Waals surface area contributed by atoms with E-state index in [1.54, 1.807) is 12.4 Å². The zero-order chi connectivity index (χ0) is 16.9. The molecule has 1 aromatic heterocycles. The largest absolute Gasteiger partial charge is 0.457 e. The lowest BCUT2D eigenvalue weighted by molar-refractivity contribution is -0.113. The van der Waals surface area contributed by atoms with Crippen LogP contribution in [0.1, 0.15) is 0 Å². The van der Waals surface area contributed by atoms with Crippen LogP contribution in [0.4, 0.5) is 0 Å². The number of nitrogens with zero attached hydrogens (tertiary/aromatic N) is 2. The maximum absolute atomic E-state index is 10.9. The summed E-state index contributed by atoms with van der Waals surface area (Å²) in [4.78, 5) is 10.9. The number of thiol groups is 1. The molecular weight excluding hydrogens is 322 g/mol. The van der Waals surface area contributed by atoms with Gasteiger partial charge in [0.25, 0.3) is 0 Å². The van der Waals surface area contributed by atoms with Crippen molar-refractivity contribution in [2.24, 2.45) is 5.73 Å². The van der Waals surface area contributed by atoms with E-state index in [2.05, 4.69) is 17.7 Å². The summed E-state index contributed by atoms with van der Waals surface area (Å²) in [6.07, 6.45) is 4.66. The smallest absolute Gasteiger partial charge is 0.244 e. The molecule has 120 valence electrons. The second-order valence-electron chi connectivity index (χ2n) is 5.02. The van der Waals surface area contributed by atoms with Gasteiger partial charge in [0.2, 0.25) is 5.91 Å². The van der Waals surface area contributed by atoms with Crippen molar-refractivity contribution < 1.29 is 9.53 Å². The van der Waals surface area contributed by atoms with Gasteiger partial charge in [-0.3, -0.25) is 4.79 Å². The van der Waals surface area contributed by atoms with Gasteiger partial charge in [0.15, 0.2) is 0 Å². The molecule has 0 saturated heterocycles. The second-order valence-corrected chi connectivity index (χ2v) is 5.48. The maximum atomic E-state index is 10.9. The van der Waals surface area contributed by atoms with Gasteiger partial charge >= 0.3 is 0 Å². The fourth-order valence-electron chi connectivity index (χ4n) is 2.15. The molecule has 1 amide bonds. The summed E-state index contributed by atoms with van der Waals surface area (Å²) in [6, 6.07) is 17.2. The van der Waals surface area contributed by atoms with Gasteiger partial charge in [-0.15, -0.1) is 12.6 Å². The van der Waals surface area contributed by atoms with Gasteiger partial charge in [0, 0.05) is 17.8 Å². The molecule has 3 aromatic rings. The Morgan fingerprint density at radius 3 is 2.58 bits per heavy atom. The van der Waals surface area contributed by atoms with E-state index < -0.39 is 5.91 Å². The van der Waals surface area contributed by atoms with Gasteiger partial charge < -0.3 is 10.5 Å². The van der Waals surface area contributed by atoms with Gasteiger partial charge in [-0.1, -0.05) is 30.3 Å². The Morgan fingerprint density at radius 2 is 1.83 bits per heavy atom. The van der Waals surface area contributed by atoms with Crippen molar-refractivity contribution in [3.8, 4) is 22.6 Å². The third kappa shape index (κ3) is 3.85. The number of rotatable bonds is 5. The molecule has 0 atom stereocenters. The first-order valence-corrected chi connectivity index (χ1v) is 7.65. The summed E-state index contributed by atoms with van der Waals surface area (Å²) >= 11 is 4.21. The summed E-state index contributed by atoms with van der Waals surface area (Å²) in [5.74, 6) is 0.924.